The van der Waals surface area contributed by atoms with Gasteiger partial charge < -0.3 is 25.8 Å². The third kappa shape index (κ3) is 5.58. The molecule has 8 heteroatoms. The van der Waals surface area contributed by atoms with Crippen LogP contribution in [0.25, 0.3) is 0 Å². The van der Waals surface area contributed by atoms with Crippen LogP contribution in [0.4, 0.5) is 4.79 Å². The Morgan fingerprint density at radius 3 is 2.48 bits per heavy atom. The van der Waals surface area contributed by atoms with Crippen LogP contribution in [-0.2, 0) is 14.3 Å². The molecule has 3 amide bonds. The van der Waals surface area contributed by atoms with E-state index in [1.54, 1.807) is 0 Å². The van der Waals surface area contributed by atoms with Crippen LogP contribution in [0.3, 0.4) is 0 Å². The van der Waals surface area contributed by atoms with E-state index in [0.717, 1.165) is 12.8 Å². The van der Waals surface area contributed by atoms with Crippen LogP contribution in [0.15, 0.2) is 0 Å². The number of hydrogen-bond donors (Lipinski definition) is 4. The molecule has 21 heavy (non-hydrogen) atoms. The van der Waals surface area contributed by atoms with E-state index in [2.05, 4.69) is 16.0 Å². The molecule has 2 atom stereocenters. The fraction of sp³-hybridized carbons (Fsp3) is 0.769. The Labute approximate surface area is 122 Å². The highest BCUT2D eigenvalue weighted by molar-refractivity contribution is 5.78. The first-order valence-electron chi connectivity index (χ1n) is 7.24. The largest absolute Gasteiger partial charge is 0.479 e. The first-order chi connectivity index (χ1) is 10.0. The summed E-state index contributed by atoms with van der Waals surface area (Å²) in [6.07, 6.45) is 2.37. The molecule has 0 aromatic rings. The second-order valence-electron chi connectivity index (χ2n) is 5.39. The van der Waals surface area contributed by atoms with Gasteiger partial charge in [0.05, 0.1) is 6.10 Å². The van der Waals surface area contributed by atoms with Crippen molar-refractivity contribution in [3.63, 3.8) is 0 Å². The average Bonchev–Trinajstić information content (AvgIpc) is 3.10. The van der Waals surface area contributed by atoms with Crippen molar-refractivity contribution in [1.29, 1.82) is 0 Å². The fourth-order valence-electron chi connectivity index (χ4n) is 2.12. The number of carbonyl (C=O) groups excluding carboxylic acids is 2. The van der Waals surface area contributed by atoms with Crippen molar-refractivity contribution in [3.05, 3.63) is 0 Å². The number of urea groups is 1. The predicted octanol–water partition coefficient (Wildman–Crippen LogP) is -0.413. The minimum absolute atomic E-state index is 0.0544. The smallest absolute Gasteiger partial charge is 0.332 e. The number of hydrogen-bond acceptors (Lipinski definition) is 4. The highest BCUT2D eigenvalue weighted by Gasteiger charge is 2.30. The molecule has 0 spiro atoms. The Bertz CT molecular complexity index is 411. The Morgan fingerprint density at radius 2 is 1.86 bits per heavy atom. The van der Waals surface area contributed by atoms with Crippen LogP contribution >= 0.6 is 0 Å². The molecule has 0 aromatic carbocycles. The summed E-state index contributed by atoms with van der Waals surface area (Å²) < 4.78 is 5.26. The van der Waals surface area contributed by atoms with Gasteiger partial charge in [-0.15, -0.1) is 0 Å². The number of rotatable bonds is 7. The van der Waals surface area contributed by atoms with Gasteiger partial charge >= 0.3 is 12.0 Å². The predicted molar refractivity (Wildman–Crippen MR) is 72.7 cm³/mol. The van der Waals surface area contributed by atoms with E-state index in [1.807, 2.05) is 0 Å². The third-order valence-electron chi connectivity index (χ3n) is 3.45. The summed E-state index contributed by atoms with van der Waals surface area (Å²) in [7, 11) is 0. The van der Waals surface area contributed by atoms with Crippen LogP contribution in [0.2, 0.25) is 0 Å². The molecule has 2 fully saturated rings. The van der Waals surface area contributed by atoms with Gasteiger partial charge in [-0.25, -0.2) is 9.59 Å². The maximum absolute atomic E-state index is 11.5. The van der Waals surface area contributed by atoms with E-state index < -0.39 is 12.1 Å². The Balaban J connectivity index is 1.51. The minimum Gasteiger partial charge on any atom is -0.479 e. The van der Waals surface area contributed by atoms with Gasteiger partial charge in [0.2, 0.25) is 5.91 Å². The average molecular weight is 299 g/mol. The molecule has 2 unspecified atom stereocenters. The van der Waals surface area contributed by atoms with Gasteiger partial charge in [0.1, 0.15) is 0 Å². The van der Waals surface area contributed by atoms with E-state index in [-0.39, 0.29) is 37.6 Å². The first kappa shape index (κ1) is 15.6. The molecule has 8 nitrogen and oxygen atoms in total. The fourth-order valence-corrected chi connectivity index (χ4v) is 2.12. The number of nitrogens with one attached hydrogen (secondary N) is 3. The van der Waals surface area contributed by atoms with Gasteiger partial charge in [0.15, 0.2) is 6.10 Å². The summed E-state index contributed by atoms with van der Waals surface area (Å²) in [5.74, 6) is -1.02. The number of aliphatic carboxylic acids is 1. The molecule has 0 bridgehead atoms. The van der Waals surface area contributed by atoms with Crippen LogP contribution in [0.5, 0.6) is 0 Å². The zero-order valence-corrected chi connectivity index (χ0v) is 11.8. The molecule has 0 radical (unpaired) electrons. The lowest BCUT2D eigenvalue weighted by Crippen LogP contribution is -2.41. The molecule has 4 N–H and O–H groups in total. The molecule has 1 aliphatic carbocycles. The SMILES string of the molecule is O=C(CCNC(=O)NCC1CCC(C(=O)O)O1)NC1CC1. The number of carbonyl (C=O) groups is 3. The van der Waals surface area contributed by atoms with E-state index in [9.17, 15) is 14.4 Å². The van der Waals surface area contributed by atoms with Gasteiger partial charge in [-0.05, 0) is 25.7 Å². The Hall–Kier alpha value is -1.83. The minimum atomic E-state index is -0.969. The molecule has 0 aromatic heterocycles. The van der Waals surface area contributed by atoms with Crippen LogP contribution in [0.1, 0.15) is 32.1 Å². The van der Waals surface area contributed by atoms with Gasteiger partial charge in [-0.1, -0.05) is 0 Å². The molecule has 2 rings (SSSR count). The van der Waals surface area contributed by atoms with Crippen molar-refractivity contribution in [3.8, 4) is 0 Å². The summed E-state index contributed by atoms with van der Waals surface area (Å²) in [6.45, 7) is 0.539. The van der Waals surface area contributed by atoms with Gasteiger partial charge in [-0.3, -0.25) is 4.79 Å². The summed E-state index contributed by atoms with van der Waals surface area (Å²) in [5.41, 5.74) is 0. The standard InChI is InChI=1S/C13H21N3O5/c17-11(16-8-1-2-8)5-6-14-13(20)15-7-9-3-4-10(21-9)12(18)19/h8-10H,1-7H2,(H,16,17)(H,18,19)(H2,14,15,20). The molecule has 1 saturated carbocycles. The van der Waals surface area contributed by atoms with Crippen molar-refractivity contribution >= 4 is 17.9 Å². The van der Waals surface area contributed by atoms with Gasteiger partial charge in [0, 0.05) is 25.6 Å². The molecule has 1 aliphatic heterocycles. The van der Waals surface area contributed by atoms with Gasteiger partial charge in [-0.2, -0.15) is 0 Å². The van der Waals surface area contributed by atoms with E-state index in [4.69, 9.17) is 9.84 Å². The number of amides is 3. The normalized spacial score (nSPS) is 24.4. The molecular weight excluding hydrogens is 278 g/mol. The lowest BCUT2D eigenvalue weighted by atomic mass is 10.2. The van der Waals surface area contributed by atoms with E-state index in [0.29, 0.717) is 18.9 Å². The maximum atomic E-state index is 11.5. The lowest BCUT2D eigenvalue weighted by molar-refractivity contribution is -0.149. The highest BCUT2D eigenvalue weighted by Crippen LogP contribution is 2.19. The second kappa shape index (κ2) is 7.26. The summed E-state index contributed by atoms with van der Waals surface area (Å²) >= 11 is 0. The molecular formula is C13H21N3O5. The molecule has 1 heterocycles. The summed E-state index contributed by atoms with van der Waals surface area (Å²) in [6, 6.07) is -0.0513. The lowest BCUT2D eigenvalue weighted by Gasteiger charge is -2.13. The van der Waals surface area contributed by atoms with Crippen molar-refractivity contribution in [2.45, 2.75) is 50.4 Å². The topological polar surface area (TPSA) is 117 Å². The van der Waals surface area contributed by atoms with Crippen LogP contribution < -0.4 is 16.0 Å². The quantitative estimate of drug-likeness (QED) is 0.510. The number of carboxylic acid groups (broad SMARTS) is 1. The summed E-state index contributed by atoms with van der Waals surface area (Å²) in [5, 5.41) is 16.8. The van der Waals surface area contributed by atoms with Crippen LogP contribution in [-0.4, -0.2) is 54.4 Å². The summed E-state index contributed by atoms with van der Waals surface area (Å²) in [4.78, 5) is 33.6. The van der Waals surface area contributed by atoms with Crippen molar-refractivity contribution < 1.29 is 24.2 Å². The third-order valence-corrected chi connectivity index (χ3v) is 3.45. The number of ether oxygens (including phenoxy) is 1. The van der Waals surface area contributed by atoms with E-state index >= 15 is 0 Å². The number of carboxylic acids is 1. The molecule has 1 saturated heterocycles. The van der Waals surface area contributed by atoms with E-state index in [1.165, 1.54) is 0 Å². The highest BCUT2D eigenvalue weighted by atomic mass is 16.5. The van der Waals surface area contributed by atoms with Crippen molar-refractivity contribution in [2.24, 2.45) is 0 Å². The van der Waals surface area contributed by atoms with Gasteiger partial charge in [0.25, 0.3) is 0 Å². The Kier molecular flexibility index (Phi) is 5.38. The monoisotopic (exact) mass is 299 g/mol. The van der Waals surface area contributed by atoms with Crippen LogP contribution in [0, 0.1) is 0 Å². The molecule has 2 aliphatic rings. The zero-order valence-electron chi connectivity index (χ0n) is 11.8. The maximum Gasteiger partial charge on any atom is 0.332 e. The first-order valence-corrected chi connectivity index (χ1v) is 7.24. The second-order valence-corrected chi connectivity index (χ2v) is 5.39. The van der Waals surface area contributed by atoms with Crippen molar-refractivity contribution in [1.82, 2.24) is 16.0 Å². The Morgan fingerprint density at radius 1 is 1.10 bits per heavy atom. The molecule has 118 valence electrons. The zero-order chi connectivity index (χ0) is 15.2. The van der Waals surface area contributed by atoms with Crippen molar-refractivity contribution in [2.75, 3.05) is 13.1 Å².